The van der Waals surface area contributed by atoms with Crippen molar-refractivity contribution in [2.75, 3.05) is 31.6 Å². The van der Waals surface area contributed by atoms with Gasteiger partial charge in [0.1, 0.15) is 0 Å². The zero-order chi connectivity index (χ0) is 13.0. The number of rotatable bonds is 3. The zero-order valence-corrected chi connectivity index (χ0v) is 9.76. The second-order valence-electron chi connectivity index (χ2n) is 4.15. The van der Waals surface area contributed by atoms with Crippen LogP contribution in [-0.2, 0) is 10.9 Å². The van der Waals surface area contributed by atoms with Crippen LogP contribution in [0.3, 0.4) is 0 Å². The third-order valence-corrected chi connectivity index (χ3v) is 2.77. The van der Waals surface area contributed by atoms with Crippen LogP contribution in [0.4, 0.5) is 18.9 Å². The van der Waals surface area contributed by atoms with Crippen LogP contribution in [0.5, 0.6) is 0 Å². The van der Waals surface area contributed by atoms with Crippen molar-refractivity contribution in [2.24, 2.45) is 0 Å². The molecule has 18 heavy (non-hydrogen) atoms. The van der Waals surface area contributed by atoms with Crippen molar-refractivity contribution < 1.29 is 17.9 Å². The number of anilines is 1. The second kappa shape index (κ2) is 5.58. The number of para-hydroxylation sites is 1. The molecule has 0 spiro atoms. The smallest absolute Gasteiger partial charge is 0.383 e. The van der Waals surface area contributed by atoms with Gasteiger partial charge in [0.05, 0.1) is 18.8 Å². The van der Waals surface area contributed by atoms with Gasteiger partial charge in [-0.25, -0.2) is 0 Å². The van der Waals surface area contributed by atoms with E-state index in [1.54, 1.807) is 6.07 Å². The van der Waals surface area contributed by atoms with Gasteiger partial charge in [0.15, 0.2) is 0 Å². The maximum atomic E-state index is 12.7. The third kappa shape index (κ3) is 3.36. The van der Waals surface area contributed by atoms with E-state index in [4.69, 9.17) is 4.74 Å². The number of halogens is 3. The first-order valence-corrected chi connectivity index (χ1v) is 5.78. The Kier molecular flexibility index (Phi) is 4.08. The summed E-state index contributed by atoms with van der Waals surface area (Å²) in [7, 11) is 0. The molecule has 1 fully saturated rings. The molecule has 0 aromatic heterocycles. The fraction of sp³-hybridized carbons (Fsp3) is 0.500. The topological polar surface area (TPSA) is 33.3 Å². The highest BCUT2D eigenvalue weighted by atomic mass is 19.4. The van der Waals surface area contributed by atoms with Crippen LogP contribution in [0.25, 0.3) is 0 Å². The number of alkyl halides is 3. The summed E-state index contributed by atoms with van der Waals surface area (Å²) >= 11 is 0. The Morgan fingerprint density at radius 1 is 1.33 bits per heavy atom. The standard InChI is InChI=1S/C12H15F3N2O/c13-12(14,15)10-3-1-2-4-11(10)17-7-9-8-18-6-5-16-9/h1-4,9,16-17H,5-8H2. The van der Waals surface area contributed by atoms with Crippen molar-refractivity contribution in [2.45, 2.75) is 12.2 Å². The molecule has 1 aromatic carbocycles. The first kappa shape index (κ1) is 13.2. The van der Waals surface area contributed by atoms with Crippen molar-refractivity contribution in [1.29, 1.82) is 0 Å². The van der Waals surface area contributed by atoms with E-state index >= 15 is 0 Å². The molecule has 1 aliphatic heterocycles. The highest BCUT2D eigenvalue weighted by molar-refractivity contribution is 5.52. The molecule has 3 nitrogen and oxygen atoms in total. The van der Waals surface area contributed by atoms with Crippen molar-refractivity contribution in [3.8, 4) is 0 Å². The Balaban J connectivity index is 2.00. The lowest BCUT2D eigenvalue weighted by molar-refractivity contribution is -0.136. The van der Waals surface area contributed by atoms with Crippen LogP contribution >= 0.6 is 0 Å². The predicted molar refractivity (Wildman–Crippen MR) is 62.5 cm³/mol. The quantitative estimate of drug-likeness (QED) is 0.873. The van der Waals surface area contributed by atoms with Gasteiger partial charge in [-0.1, -0.05) is 12.1 Å². The molecule has 1 atom stereocenters. The van der Waals surface area contributed by atoms with Crippen LogP contribution in [0.2, 0.25) is 0 Å². The first-order valence-electron chi connectivity index (χ1n) is 5.78. The fourth-order valence-corrected chi connectivity index (χ4v) is 1.87. The average Bonchev–Trinajstić information content (AvgIpc) is 2.37. The number of benzene rings is 1. The molecular formula is C12H15F3N2O. The molecule has 1 saturated heterocycles. The number of hydrogen-bond donors (Lipinski definition) is 2. The Morgan fingerprint density at radius 2 is 2.11 bits per heavy atom. The molecule has 0 aliphatic carbocycles. The van der Waals surface area contributed by atoms with Gasteiger partial charge in [-0.3, -0.25) is 0 Å². The van der Waals surface area contributed by atoms with Gasteiger partial charge < -0.3 is 15.4 Å². The van der Waals surface area contributed by atoms with E-state index in [1.807, 2.05) is 0 Å². The summed E-state index contributed by atoms with van der Waals surface area (Å²) in [4.78, 5) is 0. The molecule has 0 saturated carbocycles. The molecule has 0 radical (unpaired) electrons. The largest absolute Gasteiger partial charge is 0.418 e. The van der Waals surface area contributed by atoms with E-state index in [9.17, 15) is 13.2 Å². The summed E-state index contributed by atoms with van der Waals surface area (Å²) in [5.74, 6) is 0. The normalized spacial score (nSPS) is 20.7. The number of morpholine rings is 1. The molecule has 100 valence electrons. The van der Waals surface area contributed by atoms with E-state index in [0.29, 0.717) is 19.8 Å². The molecule has 6 heteroatoms. The molecule has 0 amide bonds. The van der Waals surface area contributed by atoms with Crippen LogP contribution in [0, 0.1) is 0 Å². The van der Waals surface area contributed by atoms with Crippen LogP contribution < -0.4 is 10.6 Å². The molecule has 1 aromatic rings. The summed E-state index contributed by atoms with van der Waals surface area (Å²) in [6, 6.07) is 5.53. The van der Waals surface area contributed by atoms with Crippen LogP contribution in [0.15, 0.2) is 24.3 Å². The molecule has 1 unspecified atom stereocenters. The molecule has 2 rings (SSSR count). The monoisotopic (exact) mass is 260 g/mol. The summed E-state index contributed by atoms with van der Waals surface area (Å²) in [6.07, 6.45) is -4.33. The van der Waals surface area contributed by atoms with Crippen molar-refractivity contribution in [1.82, 2.24) is 5.32 Å². The first-order chi connectivity index (χ1) is 8.57. The van der Waals surface area contributed by atoms with Gasteiger partial charge >= 0.3 is 6.18 Å². The van der Waals surface area contributed by atoms with Gasteiger partial charge in [0.25, 0.3) is 0 Å². The van der Waals surface area contributed by atoms with Gasteiger partial charge in [-0.15, -0.1) is 0 Å². The van der Waals surface area contributed by atoms with E-state index in [2.05, 4.69) is 10.6 Å². The maximum absolute atomic E-state index is 12.7. The highest BCUT2D eigenvalue weighted by Crippen LogP contribution is 2.34. The molecule has 1 aliphatic rings. The lowest BCUT2D eigenvalue weighted by Crippen LogP contribution is -2.45. The van der Waals surface area contributed by atoms with Crippen molar-refractivity contribution in [3.63, 3.8) is 0 Å². The zero-order valence-electron chi connectivity index (χ0n) is 9.76. The highest BCUT2D eigenvalue weighted by Gasteiger charge is 2.33. The van der Waals surface area contributed by atoms with Gasteiger partial charge in [-0.05, 0) is 12.1 Å². The van der Waals surface area contributed by atoms with E-state index in [1.165, 1.54) is 12.1 Å². The summed E-state index contributed by atoms with van der Waals surface area (Å²) < 4.78 is 43.4. The summed E-state index contributed by atoms with van der Waals surface area (Å²) in [5, 5.41) is 6.01. The molecule has 1 heterocycles. The summed E-state index contributed by atoms with van der Waals surface area (Å²) in [5.41, 5.74) is -0.529. The Hall–Kier alpha value is -1.27. The Bertz CT molecular complexity index is 389. The molecule has 0 bridgehead atoms. The van der Waals surface area contributed by atoms with Gasteiger partial charge in [0, 0.05) is 24.8 Å². The SMILES string of the molecule is FC(F)(F)c1ccccc1NCC1COCCN1. The van der Waals surface area contributed by atoms with Crippen LogP contribution in [-0.4, -0.2) is 32.3 Å². The van der Waals surface area contributed by atoms with Crippen molar-refractivity contribution >= 4 is 5.69 Å². The fourth-order valence-electron chi connectivity index (χ4n) is 1.87. The van der Waals surface area contributed by atoms with E-state index < -0.39 is 11.7 Å². The van der Waals surface area contributed by atoms with E-state index in [0.717, 1.165) is 12.6 Å². The maximum Gasteiger partial charge on any atom is 0.418 e. The summed E-state index contributed by atoms with van der Waals surface area (Å²) in [6.45, 7) is 2.30. The Morgan fingerprint density at radius 3 is 2.78 bits per heavy atom. The second-order valence-corrected chi connectivity index (χ2v) is 4.15. The van der Waals surface area contributed by atoms with Crippen molar-refractivity contribution in [3.05, 3.63) is 29.8 Å². The molecular weight excluding hydrogens is 245 g/mol. The minimum absolute atomic E-state index is 0.0417. The average molecular weight is 260 g/mol. The third-order valence-electron chi connectivity index (χ3n) is 2.77. The number of ether oxygens (including phenoxy) is 1. The predicted octanol–water partition coefficient (Wildman–Crippen LogP) is 2.11. The molecule has 2 N–H and O–H groups in total. The number of nitrogens with one attached hydrogen (secondary N) is 2. The Labute approximate surface area is 103 Å². The lowest BCUT2D eigenvalue weighted by atomic mass is 10.1. The van der Waals surface area contributed by atoms with Gasteiger partial charge in [0.2, 0.25) is 0 Å². The number of hydrogen-bond acceptors (Lipinski definition) is 3. The minimum atomic E-state index is -4.33. The lowest BCUT2D eigenvalue weighted by Gasteiger charge is -2.25. The van der Waals surface area contributed by atoms with E-state index in [-0.39, 0.29) is 11.7 Å². The van der Waals surface area contributed by atoms with Gasteiger partial charge in [-0.2, -0.15) is 13.2 Å². The minimum Gasteiger partial charge on any atom is -0.383 e. The van der Waals surface area contributed by atoms with Crippen LogP contribution in [0.1, 0.15) is 5.56 Å².